The lowest BCUT2D eigenvalue weighted by molar-refractivity contribution is 0.0950. The molecule has 1 saturated carbocycles. The fourth-order valence-electron chi connectivity index (χ4n) is 4.54. The highest BCUT2D eigenvalue weighted by molar-refractivity contribution is 7.93. The van der Waals surface area contributed by atoms with Gasteiger partial charge in [-0.1, -0.05) is 37.4 Å². The van der Waals surface area contributed by atoms with Crippen molar-refractivity contribution in [1.29, 1.82) is 0 Å². The second kappa shape index (κ2) is 11.1. The van der Waals surface area contributed by atoms with Crippen molar-refractivity contribution in [2.45, 2.75) is 56.9 Å². The number of sulfonamides is 1. The first-order valence-electron chi connectivity index (χ1n) is 11.7. The maximum atomic E-state index is 13.5. The quantitative estimate of drug-likeness (QED) is 0.430. The van der Waals surface area contributed by atoms with E-state index in [1.165, 1.54) is 33.5 Å². The average Bonchev–Trinajstić information content (AvgIpc) is 3.28. The van der Waals surface area contributed by atoms with Crippen molar-refractivity contribution in [2.75, 3.05) is 18.9 Å². The zero-order chi connectivity index (χ0) is 25.9. The van der Waals surface area contributed by atoms with Crippen LogP contribution >= 0.6 is 11.6 Å². The molecule has 11 nitrogen and oxygen atoms in total. The molecule has 3 aromatic rings. The second-order valence-corrected chi connectivity index (χ2v) is 11.4. The largest absolute Gasteiger partial charge is 0.481 e. The number of pyridine rings is 1. The second-order valence-electron chi connectivity index (χ2n) is 8.88. The minimum Gasteiger partial charge on any atom is -0.481 e. The van der Waals surface area contributed by atoms with E-state index in [1.54, 1.807) is 12.1 Å². The molecule has 1 aliphatic carbocycles. The Morgan fingerprint density at radius 3 is 2.53 bits per heavy atom. The molecule has 1 N–H and O–H groups in total. The number of hydrogen-bond acceptors (Lipinski definition) is 9. The van der Waals surface area contributed by atoms with Gasteiger partial charge in [-0.25, -0.2) is 23.4 Å². The summed E-state index contributed by atoms with van der Waals surface area (Å²) in [6.45, 7) is 3.69. The van der Waals surface area contributed by atoms with Crippen molar-refractivity contribution in [3.63, 3.8) is 0 Å². The van der Waals surface area contributed by atoms with Crippen LogP contribution in [0.1, 0.15) is 57.5 Å². The summed E-state index contributed by atoms with van der Waals surface area (Å²) in [6, 6.07) is 5.35. The van der Waals surface area contributed by atoms with Gasteiger partial charge in [0.2, 0.25) is 21.9 Å². The Labute approximate surface area is 215 Å². The summed E-state index contributed by atoms with van der Waals surface area (Å²) in [5.41, 5.74) is 0.544. The number of nitrogens with one attached hydrogen (secondary N) is 1. The van der Waals surface area contributed by atoms with Crippen molar-refractivity contribution >= 4 is 27.6 Å². The zero-order valence-corrected chi connectivity index (χ0v) is 22.2. The Morgan fingerprint density at radius 2 is 1.86 bits per heavy atom. The van der Waals surface area contributed by atoms with Crippen LogP contribution in [0.4, 0.5) is 5.95 Å². The van der Waals surface area contributed by atoms with Gasteiger partial charge in [-0.05, 0) is 31.7 Å². The van der Waals surface area contributed by atoms with Gasteiger partial charge in [-0.15, -0.1) is 10.2 Å². The zero-order valence-electron chi connectivity index (χ0n) is 20.6. The molecule has 1 aliphatic rings. The fourth-order valence-corrected chi connectivity index (χ4v) is 5.78. The van der Waals surface area contributed by atoms with Gasteiger partial charge in [0.15, 0.2) is 11.6 Å². The lowest BCUT2D eigenvalue weighted by Crippen LogP contribution is -2.34. The van der Waals surface area contributed by atoms with Gasteiger partial charge < -0.3 is 9.47 Å². The molecule has 194 valence electrons. The van der Waals surface area contributed by atoms with E-state index in [4.69, 9.17) is 21.1 Å². The van der Waals surface area contributed by atoms with Crippen LogP contribution in [0.25, 0.3) is 11.5 Å². The third-order valence-corrected chi connectivity index (χ3v) is 8.44. The number of anilines is 1. The van der Waals surface area contributed by atoms with Crippen molar-refractivity contribution < 1.29 is 17.9 Å². The first-order chi connectivity index (χ1) is 17.2. The molecule has 1 fully saturated rings. The number of nitrogens with zero attached hydrogens (tertiary/aromatic N) is 6. The molecule has 0 aromatic carbocycles. The van der Waals surface area contributed by atoms with Crippen LogP contribution in [0.3, 0.4) is 0 Å². The molecule has 0 saturated heterocycles. The van der Waals surface area contributed by atoms with E-state index in [9.17, 15) is 8.42 Å². The molecule has 4 atom stereocenters. The smallest absolute Gasteiger partial charge is 0.240 e. The summed E-state index contributed by atoms with van der Waals surface area (Å²) >= 11 is 5.88. The Morgan fingerprint density at radius 1 is 1.14 bits per heavy atom. The number of halogens is 1. The van der Waals surface area contributed by atoms with E-state index in [0.717, 1.165) is 25.7 Å². The molecule has 2 unspecified atom stereocenters. The number of hydrogen-bond donors (Lipinski definition) is 1. The van der Waals surface area contributed by atoms with E-state index in [1.807, 2.05) is 10.6 Å². The molecule has 0 bridgehead atoms. The van der Waals surface area contributed by atoms with E-state index >= 15 is 0 Å². The van der Waals surface area contributed by atoms with Gasteiger partial charge in [-0.2, -0.15) is 0 Å². The Hall–Kier alpha value is -2.83. The normalized spacial score (nSPS) is 20.0. The molecule has 0 amide bonds. The Bertz CT molecular complexity index is 1290. The summed E-state index contributed by atoms with van der Waals surface area (Å²) in [4.78, 5) is 12.8. The number of aromatic nitrogens is 6. The lowest BCUT2D eigenvalue weighted by Gasteiger charge is -2.32. The molecule has 4 rings (SSSR count). The van der Waals surface area contributed by atoms with Crippen LogP contribution in [-0.2, 0) is 14.8 Å². The lowest BCUT2D eigenvalue weighted by atomic mass is 9.85. The highest BCUT2D eigenvalue weighted by Gasteiger charge is 2.36. The molecule has 3 heterocycles. The standard InChI is InChI=1S/C23H30ClN7O4S/c1-14-8-5-6-10-18(14)31-22(17-9-7-11-19(27-17)34-3)28-29-23(31)30-36(32,33)15(2)20(35-4)21-25-12-16(24)13-26-21/h7,9,11-15,18,20H,5-6,8,10H2,1-4H3,(H,29,30)/t14-,15?,18-,20?/m0/s1. The molecule has 0 spiro atoms. The number of rotatable bonds is 9. The predicted octanol–water partition coefficient (Wildman–Crippen LogP) is 4.06. The van der Waals surface area contributed by atoms with Gasteiger partial charge in [0.05, 0.1) is 12.1 Å². The Kier molecular flexibility index (Phi) is 8.06. The van der Waals surface area contributed by atoms with Crippen LogP contribution in [0, 0.1) is 5.92 Å². The minimum absolute atomic E-state index is 0.00239. The van der Waals surface area contributed by atoms with E-state index in [2.05, 4.69) is 36.8 Å². The van der Waals surface area contributed by atoms with Gasteiger partial charge in [0, 0.05) is 31.6 Å². The Balaban J connectivity index is 1.72. The summed E-state index contributed by atoms with van der Waals surface area (Å²) in [5, 5.41) is 7.89. The monoisotopic (exact) mass is 535 g/mol. The number of ether oxygens (including phenoxy) is 2. The van der Waals surface area contributed by atoms with Crippen molar-refractivity contribution in [3.05, 3.63) is 41.4 Å². The average molecular weight is 536 g/mol. The van der Waals surface area contributed by atoms with Crippen molar-refractivity contribution in [1.82, 2.24) is 29.7 Å². The van der Waals surface area contributed by atoms with E-state index in [-0.39, 0.29) is 17.8 Å². The highest BCUT2D eigenvalue weighted by atomic mass is 35.5. The molecular weight excluding hydrogens is 506 g/mol. The van der Waals surface area contributed by atoms with Crippen LogP contribution in [-0.4, -0.2) is 57.6 Å². The van der Waals surface area contributed by atoms with Crippen molar-refractivity contribution in [3.8, 4) is 17.4 Å². The molecule has 0 radical (unpaired) electrons. The summed E-state index contributed by atoms with van der Waals surface area (Å²) in [5.74, 6) is 1.55. The first kappa shape index (κ1) is 26.2. The maximum absolute atomic E-state index is 13.5. The van der Waals surface area contributed by atoms with Crippen LogP contribution in [0.15, 0.2) is 30.6 Å². The molecule has 3 aromatic heterocycles. The third kappa shape index (κ3) is 5.45. The molecular formula is C23H30ClN7O4S. The summed E-state index contributed by atoms with van der Waals surface area (Å²) in [6.07, 6.45) is 5.93. The summed E-state index contributed by atoms with van der Waals surface area (Å²) in [7, 11) is -1.05. The van der Waals surface area contributed by atoms with Crippen molar-refractivity contribution in [2.24, 2.45) is 5.92 Å². The SMILES string of the molecule is COc1cccc(-c2nnc(NS(=O)(=O)C(C)C(OC)c3ncc(Cl)cn3)n2[C@H]2CCCC[C@@H]2C)n1. The fraction of sp³-hybridized carbons (Fsp3) is 0.522. The van der Waals surface area contributed by atoms with Gasteiger partial charge in [0.25, 0.3) is 0 Å². The molecule has 36 heavy (non-hydrogen) atoms. The molecule has 13 heteroatoms. The van der Waals surface area contributed by atoms with Crippen LogP contribution in [0.2, 0.25) is 5.02 Å². The van der Waals surface area contributed by atoms with Gasteiger partial charge in [0.1, 0.15) is 17.0 Å². The van der Waals surface area contributed by atoms with Crippen LogP contribution < -0.4 is 9.46 Å². The summed E-state index contributed by atoms with van der Waals surface area (Å²) < 4.78 is 42.3. The van der Waals surface area contributed by atoms with Crippen LogP contribution in [0.5, 0.6) is 5.88 Å². The third-order valence-electron chi connectivity index (χ3n) is 6.55. The minimum atomic E-state index is -4.00. The van der Waals surface area contributed by atoms with E-state index < -0.39 is 21.4 Å². The predicted molar refractivity (Wildman–Crippen MR) is 135 cm³/mol. The topological polar surface area (TPSA) is 134 Å². The first-order valence-corrected chi connectivity index (χ1v) is 13.7. The van der Waals surface area contributed by atoms with Gasteiger partial charge >= 0.3 is 0 Å². The molecule has 0 aliphatic heterocycles. The van der Waals surface area contributed by atoms with E-state index in [0.29, 0.717) is 28.3 Å². The maximum Gasteiger partial charge on any atom is 0.240 e. The highest BCUT2D eigenvalue weighted by Crippen LogP contribution is 2.38. The number of methoxy groups -OCH3 is 2. The van der Waals surface area contributed by atoms with Gasteiger partial charge in [-0.3, -0.25) is 9.29 Å².